The first kappa shape index (κ1) is 14.8. The Bertz CT molecular complexity index is 505. The first-order chi connectivity index (χ1) is 9.26. The van der Waals surface area contributed by atoms with E-state index in [-0.39, 0.29) is 0 Å². The minimum atomic E-state index is 0.868. The maximum absolute atomic E-state index is 4.61. The van der Waals surface area contributed by atoms with Gasteiger partial charge in [0.05, 0.1) is 15.9 Å². The van der Waals surface area contributed by atoms with Crippen molar-refractivity contribution in [2.45, 2.75) is 39.8 Å². The highest BCUT2D eigenvalue weighted by molar-refractivity contribution is 9.10. The number of aromatic nitrogens is 2. The topological polar surface area (TPSA) is 29.9 Å². The van der Waals surface area contributed by atoms with Gasteiger partial charge in [-0.3, -0.25) is 4.68 Å². The van der Waals surface area contributed by atoms with E-state index < -0.39 is 0 Å². The SMILES string of the molecule is CCc1nn(CC)c(CNCCc2cccs2)c1Br. The molecule has 2 aromatic rings. The molecule has 0 saturated heterocycles. The fourth-order valence-electron chi connectivity index (χ4n) is 2.06. The van der Waals surface area contributed by atoms with Gasteiger partial charge in [-0.25, -0.2) is 0 Å². The Hall–Kier alpha value is -0.650. The Kier molecular flexibility index (Phi) is 5.60. The van der Waals surface area contributed by atoms with E-state index in [1.165, 1.54) is 15.0 Å². The van der Waals surface area contributed by atoms with Crippen LogP contribution in [0, 0.1) is 0 Å². The molecule has 1 N–H and O–H groups in total. The normalized spacial score (nSPS) is 11.1. The van der Waals surface area contributed by atoms with E-state index in [2.05, 4.69) is 62.4 Å². The fourth-order valence-corrected chi connectivity index (χ4v) is 3.47. The lowest BCUT2D eigenvalue weighted by Gasteiger charge is -2.07. The van der Waals surface area contributed by atoms with Crippen LogP contribution in [0.25, 0.3) is 0 Å². The van der Waals surface area contributed by atoms with E-state index in [9.17, 15) is 0 Å². The van der Waals surface area contributed by atoms with Gasteiger partial charge in [0.1, 0.15) is 0 Å². The summed E-state index contributed by atoms with van der Waals surface area (Å²) < 4.78 is 3.25. The smallest absolute Gasteiger partial charge is 0.0767 e. The summed E-state index contributed by atoms with van der Waals surface area (Å²) in [6.45, 7) is 7.06. The van der Waals surface area contributed by atoms with Crippen LogP contribution in [-0.2, 0) is 25.9 Å². The van der Waals surface area contributed by atoms with E-state index >= 15 is 0 Å². The van der Waals surface area contributed by atoms with Crippen LogP contribution < -0.4 is 5.32 Å². The van der Waals surface area contributed by atoms with Crippen molar-refractivity contribution in [3.63, 3.8) is 0 Å². The molecule has 0 aliphatic rings. The second kappa shape index (κ2) is 7.22. The first-order valence-corrected chi connectivity index (χ1v) is 8.40. The fraction of sp³-hybridized carbons (Fsp3) is 0.500. The molecule has 0 aliphatic carbocycles. The predicted octanol–water partition coefficient (Wildman–Crippen LogP) is 3.62. The number of rotatable bonds is 7. The van der Waals surface area contributed by atoms with Crippen LogP contribution >= 0.6 is 27.3 Å². The van der Waals surface area contributed by atoms with Gasteiger partial charge in [0.15, 0.2) is 0 Å². The average Bonchev–Trinajstić information content (AvgIpc) is 3.03. The molecule has 0 radical (unpaired) electrons. The number of halogens is 1. The molecule has 0 unspecified atom stereocenters. The standard InChI is InChI=1S/C14H20BrN3S/c1-3-12-14(15)13(18(4-2)17-12)10-16-8-7-11-6-5-9-19-11/h5-6,9,16H,3-4,7-8,10H2,1-2H3. The zero-order chi connectivity index (χ0) is 13.7. The largest absolute Gasteiger partial charge is 0.311 e. The van der Waals surface area contributed by atoms with Crippen molar-refractivity contribution in [3.8, 4) is 0 Å². The summed E-state index contributed by atoms with van der Waals surface area (Å²) in [4.78, 5) is 1.44. The van der Waals surface area contributed by atoms with Gasteiger partial charge in [0, 0.05) is 24.5 Å². The Morgan fingerprint density at radius 3 is 2.89 bits per heavy atom. The molecule has 0 fully saturated rings. The van der Waals surface area contributed by atoms with E-state index in [1.807, 2.05) is 11.3 Å². The van der Waals surface area contributed by atoms with Crippen molar-refractivity contribution in [2.24, 2.45) is 0 Å². The first-order valence-electron chi connectivity index (χ1n) is 6.73. The van der Waals surface area contributed by atoms with E-state index in [0.717, 1.165) is 38.2 Å². The highest BCUT2D eigenvalue weighted by atomic mass is 79.9. The van der Waals surface area contributed by atoms with Crippen LogP contribution in [0.1, 0.15) is 30.1 Å². The summed E-state index contributed by atoms with van der Waals surface area (Å²) in [6, 6.07) is 4.30. The van der Waals surface area contributed by atoms with Crippen LogP contribution in [0.2, 0.25) is 0 Å². The molecular formula is C14H20BrN3S. The predicted molar refractivity (Wildman–Crippen MR) is 84.7 cm³/mol. The number of nitrogens with zero attached hydrogens (tertiary/aromatic N) is 2. The Morgan fingerprint density at radius 1 is 1.42 bits per heavy atom. The lowest BCUT2D eigenvalue weighted by molar-refractivity contribution is 0.578. The molecule has 0 bridgehead atoms. The van der Waals surface area contributed by atoms with E-state index in [1.54, 1.807) is 0 Å². The van der Waals surface area contributed by atoms with Gasteiger partial charge >= 0.3 is 0 Å². The molecule has 19 heavy (non-hydrogen) atoms. The van der Waals surface area contributed by atoms with Crippen LogP contribution in [0.3, 0.4) is 0 Å². The number of hydrogen-bond acceptors (Lipinski definition) is 3. The van der Waals surface area contributed by atoms with Crippen LogP contribution in [0.4, 0.5) is 0 Å². The third-order valence-corrected chi connectivity index (χ3v) is 4.97. The summed E-state index contributed by atoms with van der Waals surface area (Å²) in [5, 5.41) is 10.2. The molecule has 3 nitrogen and oxygen atoms in total. The number of aryl methyl sites for hydroxylation is 2. The number of thiophene rings is 1. The zero-order valence-corrected chi connectivity index (χ0v) is 13.9. The van der Waals surface area contributed by atoms with Crippen molar-refractivity contribution in [1.29, 1.82) is 0 Å². The van der Waals surface area contributed by atoms with Crippen molar-refractivity contribution >= 4 is 27.3 Å². The lowest BCUT2D eigenvalue weighted by Crippen LogP contribution is -2.19. The Labute approximate surface area is 127 Å². The van der Waals surface area contributed by atoms with Crippen LogP contribution in [-0.4, -0.2) is 16.3 Å². The quantitative estimate of drug-likeness (QED) is 0.779. The Balaban J connectivity index is 1.90. The molecule has 0 atom stereocenters. The molecule has 5 heteroatoms. The molecule has 2 rings (SSSR count). The van der Waals surface area contributed by atoms with Gasteiger partial charge in [0.2, 0.25) is 0 Å². The number of nitrogens with one attached hydrogen (secondary N) is 1. The van der Waals surface area contributed by atoms with Gasteiger partial charge in [-0.1, -0.05) is 13.0 Å². The summed E-state index contributed by atoms with van der Waals surface area (Å²) in [5.41, 5.74) is 2.41. The van der Waals surface area contributed by atoms with E-state index in [0.29, 0.717) is 0 Å². The van der Waals surface area contributed by atoms with Gasteiger partial charge < -0.3 is 5.32 Å². The Morgan fingerprint density at radius 2 is 2.26 bits per heavy atom. The maximum Gasteiger partial charge on any atom is 0.0767 e. The highest BCUT2D eigenvalue weighted by Crippen LogP contribution is 2.22. The monoisotopic (exact) mass is 341 g/mol. The van der Waals surface area contributed by atoms with Gasteiger partial charge in [0.25, 0.3) is 0 Å². The molecule has 0 amide bonds. The average molecular weight is 342 g/mol. The van der Waals surface area contributed by atoms with Gasteiger partial charge in [-0.05, 0) is 47.1 Å². The molecule has 104 valence electrons. The third kappa shape index (κ3) is 3.68. The van der Waals surface area contributed by atoms with Gasteiger partial charge in [-0.2, -0.15) is 5.10 Å². The summed E-state index contributed by atoms with van der Waals surface area (Å²) >= 11 is 5.49. The van der Waals surface area contributed by atoms with Gasteiger partial charge in [-0.15, -0.1) is 11.3 Å². The minimum Gasteiger partial charge on any atom is -0.311 e. The summed E-state index contributed by atoms with van der Waals surface area (Å²) in [7, 11) is 0. The third-order valence-electron chi connectivity index (χ3n) is 3.11. The second-order valence-electron chi connectivity index (χ2n) is 4.38. The summed E-state index contributed by atoms with van der Waals surface area (Å²) in [6.07, 6.45) is 2.06. The molecule has 0 aliphatic heterocycles. The van der Waals surface area contributed by atoms with Crippen LogP contribution in [0.5, 0.6) is 0 Å². The zero-order valence-electron chi connectivity index (χ0n) is 11.4. The van der Waals surface area contributed by atoms with Crippen molar-refractivity contribution in [1.82, 2.24) is 15.1 Å². The molecule has 0 aromatic carbocycles. The molecule has 2 heterocycles. The van der Waals surface area contributed by atoms with E-state index in [4.69, 9.17) is 0 Å². The minimum absolute atomic E-state index is 0.868. The molecule has 0 saturated carbocycles. The molecular weight excluding hydrogens is 322 g/mol. The van der Waals surface area contributed by atoms with Crippen molar-refractivity contribution < 1.29 is 0 Å². The van der Waals surface area contributed by atoms with Crippen LogP contribution in [0.15, 0.2) is 22.0 Å². The van der Waals surface area contributed by atoms with Crippen molar-refractivity contribution in [2.75, 3.05) is 6.54 Å². The second-order valence-corrected chi connectivity index (χ2v) is 6.21. The maximum atomic E-state index is 4.61. The highest BCUT2D eigenvalue weighted by Gasteiger charge is 2.12. The number of hydrogen-bond donors (Lipinski definition) is 1. The summed E-state index contributed by atoms with van der Waals surface area (Å²) in [5.74, 6) is 0. The lowest BCUT2D eigenvalue weighted by atomic mass is 10.3. The van der Waals surface area contributed by atoms with Crippen molar-refractivity contribution in [3.05, 3.63) is 38.3 Å². The molecule has 0 spiro atoms. The molecule has 2 aromatic heterocycles.